The van der Waals surface area contributed by atoms with Crippen molar-refractivity contribution in [2.45, 2.75) is 13.8 Å². The van der Waals surface area contributed by atoms with Gasteiger partial charge in [-0.25, -0.2) is 0 Å². The number of ketones is 1. The molecule has 0 bridgehead atoms. The number of rotatable bonds is 4. The summed E-state index contributed by atoms with van der Waals surface area (Å²) < 4.78 is 5.44. The van der Waals surface area contributed by atoms with Crippen molar-refractivity contribution < 1.29 is 9.53 Å². The quantitative estimate of drug-likeness (QED) is 0.799. The van der Waals surface area contributed by atoms with Gasteiger partial charge in [0.1, 0.15) is 11.8 Å². The first kappa shape index (κ1) is 15.1. The minimum Gasteiger partial charge on any atom is -0.484 e. The molecule has 0 radical (unpaired) electrons. The van der Waals surface area contributed by atoms with Gasteiger partial charge in [-0.15, -0.1) is 0 Å². The predicted octanol–water partition coefficient (Wildman–Crippen LogP) is 4.09. The Kier molecular flexibility index (Phi) is 4.62. The molecule has 3 nitrogen and oxygen atoms in total. The van der Waals surface area contributed by atoms with Gasteiger partial charge in [0.2, 0.25) is 0 Å². The average molecular weight is 300 g/mol. The maximum absolute atomic E-state index is 12.1. The minimum atomic E-state index is -0.137. The molecule has 2 rings (SSSR count). The Labute approximate surface area is 128 Å². The Morgan fingerprint density at radius 2 is 1.95 bits per heavy atom. The third kappa shape index (κ3) is 3.62. The number of Topliss-reactive ketones (excluding diaryl/α,β-unsaturated/α-hetero) is 1. The molecule has 0 aliphatic rings. The number of nitriles is 1. The van der Waals surface area contributed by atoms with Gasteiger partial charge in [-0.1, -0.05) is 23.7 Å². The first-order valence-corrected chi connectivity index (χ1v) is 6.82. The van der Waals surface area contributed by atoms with Crippen LogP contribution < -0.4 is 4.74 Å². The van der Waals surface area contributed by atoms with Crippen LogP contribution >= 0.6 is 11.6 Å². The third-order valence-corrected chi connectivity index (χ3v) is 3.49. The molecule has 0 saturated carbocycles. The maximum atomic E-state index is 12.1. The fourth-order valence-electron chi connectivity index (χ4n) is 1.85. The Bertz CT molecular complexity index is 732. The van der Waals surface area contributed by atoms with Crippen LogP contribution in [0.4, 0.5) is 0 Å². The van der Waals surface area contributed by atoms with E-state index >= 15 is 0 Å². The highest BCUT2D eigenvalue weighted by atomic mass is 35.5. The summed E-state index contributed by atoms with van der Waals surface area (Å²) in [5.41, 5.74) is 3.14. The lowest BCUT2D eigenvalue weighted by Crippen LogP contribution is -2.12. The van der Waals surface area contributed by atoms with E-state index in [-0.39, 0.29) is 12.4 Å². The number of carbonyl (C=O) groups is 1. The summed E-state index contributed by atoms with van der Waals surface area (Å²) in [4.78, 5) is 12.1. The number of hydrogen-bond donors (Lipinski definition) is 0. The highest BCUT2D eigenvalue weighted by Gasteiger charge is 2.10. The highest BCUT2D eigenvalue weighted by Crippen LogP contribution is 2.23. The van der Waals surface area contributed by atoms with Crippen LogP contribution in [-0.2, 0) is 0 Å². The molecule has 2 aromatic carbocycles. The van der Waals surface area contributed by atoms with Gasteiger partial charge in [-0.2, -0.15) is 5.26 Å². The van der Waals surface area contributed by atoms with Gasteiger partial charge >= 0.3 is 0 Å². The summed E-state index contributed by atoms with van der Waals surface area (Å²) in [6.45, 7) is 3.82. The standard InChI is InChI=1S/C17H14ClNO2/c1-11-3-4-13(7-12(11)2)16(20)10-21-17-8-15(18)6-5-14(17)9-19/h3-8H,10H2,1-2H3. The first-order chi connectivity index (χ1) is 10.0. The zero-order chi connectivity index (χ0) is 15.4. The number of carbonyl (C=O) groups excluding carboxylic acids is 1. The van der Waals surface area contributed by atoms with E-state index in [0.29, 0.717) is 21.9 Å². The number of aryl methyl sites for hydroxylation is 2. The molecule has 4 heteroatoms. The largest absolute Gasteiger partial charge is 0.484 e. The Morgan fingerprint density at radius 1 is 1.19 bits per heavy atom. The summed E-state index contributed by atoms with van der Waals surface area (Å²) in [5, 5.41) is 9.46. The van der Waals surface area contributed by atoms with Crippen LogP contribution in [0.1, 0.15) is 27.0 Å². The van der Waals surface area contributed by atoms with Crippen molar-refractivity contribution in [3.8, 4) is 11.8 Å². The van der Waals surface area contributed by atoms with Gasteiger partial charge < -0.3 is 4.74 Å². The summed E-state index contributed by atoms with van der Waals surface area (Å²) in [6, 6.07) is 12.2. The molecule has 106 valence electrons. The van der Waals surface area contributed by atoms with E-state index in [1.807, 2.05) is 32.0 Å². The SMILES string of the molecule is Cc1ccc(C(=O)COc2cc(Cl)ccc2C#N)cc1C. The van der Waals surface area contributed by atoms with E-state index in [1.54, 1.807) is 18.2 Å². The van der Waals surface area contributed by atoms with Crippen molar-refractivity contribution in [3.05, 3.63) is 63.7 Å². The molecule has 0 heterocycles. The van der Waals surface area contributed by atoms with Crippen LogP contribution in [0.25, 0.3) is 0 Å². The molecule has 0 N–H and O–H groups in total. The molecule has 0 atom stereocenters. The lowest BCUT2D eigenvalue weighted by atomic mass is 10.0. The number of hydrogen-bond acceptors (Lipinski definition) is 3. The molecule has 0 unspecified atom stereocenters. The maximum Gasteiger partial charge on any atom is 0.200 e. The van der Waals surface area contributed by atoms with Crippen LogP contribution in [0.15, 0.2) is 36.4 Å². The molecule has 0 aliphatic heterocycles. The zero-order valence-corrected chi connectivity index (χ0v) is 12.6. The molecular weight excluding hydrogens is 286 g/mol. The van der Waals surface area contributed by atoms with Crippen LogP contribution in [0.5, 0.6) is 5.75 Å². The second kappa shape index (κ2) is 6.43. The number of benzene rings is 2. The van der Waals surface area contributed by atoms with Gasteiger partial charge in [0.25, 0.3) is 0 Å². The van der Waals surface area contributed by atoms with Crippen molar-refractivity contribution in [1.29, 1.82) is 5.26 Å². The van der Waals surface area contributed by atoms with Crippen molar-refractivity contribution in [3.63, 3.8) is 0 Å². The monoisotopic (exact) mass is 299 g/mol. The van der Waals surface area contributed by atoms with E-state index in [2.05, 4.69) is 0 Å². The molecule has 0 fully saturated rings. The van der Waals surface area contributed by atoms with E-state index in [0.717, 1.165) is 11.1 Å². The molecule has 0 aromatic heterocycles. The van der Waals surface area contributed by atoms with Crippen molar-refractivity contribution in [2.24, 2.45) is 0 Å². The Morgan fingerprint density at radius 3 is 2.62 bits per heavy atom. The van der Waals surface area contributed by atoms with Crippen molar-refractivity contribution >= 4 is 17.4 Å². The van der Waals surface area contributed by atoms with Gasteiger partial charge in [-0.05, 0) is 43.2 Å². The van der Waals surface area contributed by atoms with E-state index in [1.165, 1.54) is 6.07 Å². The molecule has 0 spiro atoms. The second-order valence-corrected chi connectivity index (χ2v) is 5.20. The normalized spacial score (nSPS) is 10.0. The fraction of sp³-hybridized carbons (Fsp3) is 0.176. The van der Waals surface area contributed by atoms with E-state index < -0.39 is 0 Å². The van der Waals surface area contributed by atoms with Crippen LogP contribution in [0.3, 0.4) is 0 Å². The molecular formula is C17H14ClNO2. The fourth-order valence-corrected chi connectivity index (χ4v) is 2.01. The lowest BCUT2D eigenvalue weighted by Gasteiger charge is -2.08. The predicted molar refractivity (Wildman–Crippen MR) is 81.9 cm³/mol. The topological polar surface area (TPSA) is 50.1 Å². The van der Waals surface area contributed by atoms with Gasteiger partial charge in [0, 0.05) is 16.7 Å². The zero-order valence-electron chi connectivity index (χ0n) is 11.8. The Balaban J connectivity index is 2.13. The second-order valence-electron chi connectivity index (χ2n) is 4.76. The lowest BCUT2D eigenvalue weighted by molar-refractivity contribution is 0.0921. The molecule has 0 aliphatic carbocycles. The van der Waals surface area contributed by atoms with Gasteiger partial charge in [-0.3, -0.25) is 4.79 Å². The van der Waals surface area contributed by atoms with Crippen LogP contribution in [0, 0.1) is 25.2 Å². The smallest absolute Gasteiger partial charge is 0.200 e. The summed E-state index contributed by atoms with van der Waals surface area (Å²) in [7, 11) is 0. The van der Waals surface area contributed by atoms with Gasteiger partial charge in [0.15, 0.2) is 12.4 Å². The minimum absolute atomic E-state index is 0.127. The molecule has 2 aromatic rings. The number of ether oxygens (including phenoxy) is 1. The Hall–Kier alpha value is -2.31. The summed E-state index contributed by atoms with van der Waals surface area (Å²) in [5.74, 6) is 0.184. The van der Waals surface area contributed by atoms with E-state index in [9.17, 15) is 4.79 Å². The molecule has 0 amide bonds. The first-order valence-electron chi connectivity index (χ1n) is 6.44. The highest BCUT2D eigenvalue weighted by molar-refractivity contribution is 6.30. The number of halogens is 1. The molecule has 0 saturated heterocycles. The van der Waals surface area contributed by atoms with Crippen molar-refractivity contribution in [1.82, 2.24) is 0 Å². The summed E-state index contributed by atoms with van der Waals surface area (Å²) in [6.07, 6.45) is 0. The molecule has 21 heavy (non-hydrogen) atoms. The summed E-state index contributed by atoms with van der Waals surface area (Å²) >= 11 is 5.87. The van der Waals surface area contributed by atoms with E-state index in [4.69, 9.17) is 21.6 Å². The average Bonchev–Trinajstić information content (AvgIpc) is 2.47. The van der Waals surface area contributed by atoms with Gasteiger partial charge in [0.05, 0.1) is 5.56 Å². The van der Waals surface area contributed by atoms with Crippen molar-refractivity contribution in [2.75, 3.05) is 6.61 Å². The number of nitrogens with zero attached hydrogens (tertiary/aromatic N) is 1. The van der Waals surface area contributed by atoms with Crippen LogP contribution in [0.2, 0.25) is 5.02 Å². The third-order valence-electron chi connectivity index (χ3n) is 3.25. The van der Waals surface area contributed by atoms with Crippen LogP contribution in [-0.4, -0.2) is 12.4 Å².